The van der Waals surface area contributed by atoms with Crippen LogP contribution in [-0.2, 0) is 0 Å². The molecule has 2 saturated heterocycles. The highest BCUT2D eigenvalue weighted by Crippen LogP contribution is 2.25. The van der Waals surface area contributed by atoms with E-state index >= 15 is 0 Å². The number of nitrogens with zero attached hydrogens (tertiary/aromatic N) is 4. The van der Waals surface area contributed by atoms with Crippen molar-refractivity contribution in [2.24, 2.45) is 0 Å². The Balaban J connectivity index is 0.000000301. The lowest BCUT2D eigenvalue weighted by atomic mass is 10.2. The first-order valence-corrected chi connectivity index (χ1v) is 12.4. The van der Waals surface area contributed by atoms with Crippen LogP contribution in [0.5, 0.6) is 0 Å². The summed E-state index contributed by atoms with van der Waals surface area (Å²) in [6.07, 6.45) is 6.51. The van der Waals surface area contributed by atoms with Crippen molar-refractivity contribution in [1.29, 1.82) is 0 Å². The van der Waals surface area contributed by atoms with Gasteiger partial charge < -0.3 is 20.2 Å². The minimum atomic E-state index is -0.411. The van der Waals surface area contributed by atoms with Gasteiger partial charge in [0.05, 0.1) is 23.4 Å². The Morgan fingerprint density at radius 2 is 1.57 bits per heavy atom. The zero-order valence-corrected chi connectivity index (χ0v) is 20.4. The van der Waals surface area contributed by atoms with Gasteiger partial charge in [0.25, 0.3) is 5.91 Å². The lowest BCUT2D eigenvalue weighted by Crippen LogP contribution is -2.21. The first-order valence-electron chi connectivity index (χ1n) is 12.4. The normalized spacial score (nSPS) is 17.1. The number of fused-ring (bicyclic) bond motifs is 1. The molecule has 7 nitrogen and oxygen atoms in total. The molecule has 0 aliphatic carbocycles. The van der Waals surface area contributed by atoms with E-state index < -0.39 is 11.6 Å². The molecule has 0 saturated carbocycles. The Morgan fingerprint density at radius 3 is 2.19 bits per heavy atom. The summed E-state index contributed by atoms with van der Waals surface area (Å²) in [4.78, 5) is 17.4. The van der Waals surface area contributed by atoms with E-state index in [0.29, 0.717) is 12.1 Å². The number of aliphatic hydroxyl groups excluding tert-OH is 1. The van der Waals surface area contributed by atoms with Gasteiger partial charge in [-0.3, -0.25) is 4.79 Å². The predicted octanol–water partition coefficient (Wildman–Crippen LogP) is 4.72. The highest BCUT2D eigenvalue weighted by molar-refractivity contribution is 6.09. The van der Waals surface area contributed by atoms with Crippen molar-refractivity contribution >= 4 is 28.5 Å². The quantitative estimate of drug-likeness (QED) is 0.420. The molecule has 1 atom stereocenters. The fourth-order valence-corrected chi connectivity index (χ4v) is 4.68. The fourth-order valence-electron chi connectivity index (χ4n) is 4.68. The maximum atomic E-state index is 12.9. The monoisotopic (exact) mass is 505 g/mol. The third kappa shape index (κ3) is 5.89. The van der Waals surface area contributed by atoms with Gasteiger partial charge >= 0.3 is 0 Å². The summed E-state index contributed by atoms with van der Waals surface area (Å²) in [6, 6.07) is 16.2. The smallest absolute Gasteiger partial charge is 0.259 e. The minimum Gasteiger partial charge on any atom is -0.391 e. The Morgan fingerprint density at radius 1 is 0.892 bits per heavy atom. The SMILES string of the molecule is Fc1ccc(F)cc1.O=C(Nc1ccc(N2CCC(O)C2)cc1)c1cnn2ccc(N3CCCC3)cc12. The number of nitrogens with one attached hydrogen (secondary N) is 1. The molecule has 4 heterocycles. The number of rotatable bonds is 4. The van der Waals surface area contributed by atoms with Crippen LogP contribution in [0.15, 0.2) is 73.1 Å². The van der Waals surface area contributed by atoms with Crippen molar-refractivity contribution in [1.82, 2.24) is 9.61 Å². The van der Waals surface area contributed by atoms with Gasteiger partial charge in [0.1, 0.15) is 11.6 Å². The van der Waals surface area contributed by atoms with E-state index in [4.69, 9.17) is 0 Å². The van der Waals surface area contributed by atoms with Crippen LogP contribution in [0.3, 0.4) is 0 Å². The Hall–Kier alpha value is -3.98. The van der Waals surface area contributed by atoms with Crippen LogP contribution < -0.4 is 15.1 Å². The number of halogens is 2. The molecule has 0 spiro atoms. The molecule has 192 valence electrons. The number of hydrogen-bond acceptors (Lipinski definition) is 5. The van der Waals surface area contributed by atoms with Gasteiger partial charge in [-0.15, -0.1) is 0 Å². The number of amides is 1. The number of hydrogen-bond donors (Lipinski definition) is 2. The summed E-state index contributed by atoms with van der Waals surface area (Å²) in [5.74, 6) is -0.985. The molecule has 2 N–H and O–H groups in total. The third-order valence-electron chi connectivity index (χ3n) is 6.68. The first kappa shape index (κ1) is 24.7. The van der Waals surface area contributed by atoms with Crippen LogP contribution in [-0.4, -0.2) is 52.9 Å². The molecule has 1 unspecified atom stereocenters. The number of β-amino-alcohol motifs (C(OH)–C–C–N with tert-alkyl or cyclic N) is 1. The molecule has 2 aliphatic heterocycles. The van der Waals surface area contributed by atoms with Gasteiger partial charge in [-0.05, 0) is 79.9 Å². The summed E-state index contributed by atoms with van der Waals surface area (Å²) in [5, 5.41) is 17.0. The predicted molar refractivity (Wildman–Crippen MR) is 140 cm³/mol. The number of carbonyl (C=O) groups excluding carboxylic acids is 1. The molecule has 9 heteroatoms. The third-order valence-corrected chi connectivity index (χ3v) is 6.68. The highest BCUT2D eigenvalue weighted by Gasteiger charge is 2.21. The summed E-state index contributed by atoms with van der Waals surface area (Å²) in [7, 11) is 0. The van der Waals surface area contributed by atoms with Crippen LogP contribution in [0.2, 0.25) is 0 Å². The standard InChI is InChI=1S/C22H25N5O2.C6H4F2/c28-19-8-11-26(15-19)17-5-3-16(4-6-17)24-22(29)20-14-23-27-12-7-18(13-21(20)27)25-9-1-2-10-25;7-5-1-2-6(8)4-3-5/h3-7,12-14,19,28H,1-2,8-11,15H2,(H,24,29);1-4H. The average molecular weight is 506 g/mol. The molecule has 2 aromatic carbocycles. The summed E-state index contributed by atoms with van der Waals surface area (Å²) < 4.78 is 25.6. The number of aromatic nitrogens is 2. The van der Waals surface area contributed by atoms with Gasteiger partial charge in [-0.25, -0.2) is 13.3 Å². The molecular formula is C28H29F2N5O2. The van der Waals surface area contributed by atoms with Crippen LogP contribution in [0, 0.1) is 11.6 Å². The number of pyridine rings is 1. The molecule has 0 radical (unpaired) electrons. The van der Waals surface area contributed by atoms with Crippen LogP contribution >= 0.6 is 0 Å². The van der Waals surface area contributed by atoms with Crippen molar-refractivity contribution in [2.45, 2.75) is 25.4 Å². The van der Waals surface area contributed by atoms with Gasteiger partial charge in [0, 0.05) is 49.4 Å². The van der Waals surface area contributed by atoms with E-state index in [9.17, 15) is 18.7 Å². The second kappa shape index (κ2) is 11.0. The van der Waals surface area contributed by atoms with Gasteiger partial charge in [0.2, 0.25) is 0 Å². The maximum absolute atomic E-state index is 12.9. The van der Waals surface area contributed by atoms with Crippen LogP contribution in [0.25, 0.3) is 5.52 Å². The van der Waals surface area contributed by atoms with Crippen molar-refractivity contribution in [3.8, 4) is 0 Å². The topological polar surface area (TPSA) is 73.1 Å². The highest BCUT2D eigenvalue weighted by atomic mass is 19.1. The Kier molecular flexibility index (Phi) is 7.32. The Labute approximate surface area is 213 Å². The van der Waals surface area contributed by atoms with E-state index in [2.05, 4.69) is 32.3 Å². The molecule has 4 aromatic rings. The van der Waals surface area contributed by atoms with Gasteiger partial charge in [0.15, 0.2) is 0 Å². The second-order valence-corrected chi connectivity index (χ2v) is 9.29. The van der Waals surface area contributed by atoms with Gasteiger partial charge in [-0.1, -0.05) is 0 Å². The Bertz CT molecular complexity index is 1330. The number of anilines is 3. The maximum Gasteiger partial charge on any atom is 0.259 e. The minimum absolute atomic E-state index is 0.164. The van der Waals surface area contributed by atoms with E-state index in [-0.39, 0.29) is 12.0 Å². The largest absolute Gasteiger partial charge is 0.391 e. The summed E-state index contributed by atoms with van der Waals surface area (Å²) in [6.45, 7) is 3.64. The molecule has 2 fully saturated rings. The lowest BCUT2D eigenvalue weighted by molar-refractivity contribution is 0.102. The number of aliphatic hydroxyl groups is 1. The number of benzene rings is 2. The molecule has 6 rings (SSSR count). The van der Waals surface area contributed by atoms with Crippen molar-refractivity contribution in [3.63, 3.8) is 0 Å². The average Bonchev–Trinajstić information content (AvgIpc) is 3.67. The fraction of sp³-hybridized carbons (Fsp3) is 0.286. The molecular weight excluding hydrogens is 476 g/mol. The molecule has 2 aliphatic rings. The van der Waals surface area contributed by atoms with E-state index in [1.807, 2.05) is 30.5 Å². The van der Waals surface area contributed by atoms with Crippen molar-refractivity contribution in [3.05, 3.63) is 90.3 Å². The second-order valence-electron chi connectivity index (χ2n) is 9.29. The zero-order chi connectivity index (χ0) is 25.8. The van der Waals surface area contributed by atoms with Crippen molar-refractivity contribution < 1.29 is 18.7 Å². The molecule has 0 bridgehead atoms. The first-order chi connectivity index (χ1) is 18.0. The lowest BCUT2D eigenvalue weighted by Gasteiger charge is -2.18. The summed E-state index contributed by atoms with van der Waals surface area (Å²) in [5.41, 5.74) is 4.33. The van der Waals surface area contributed by atoms with E-state index in [1.165, 1.54) is 12.8 Å². The van der Waals surface area contributed by atoms with E-state index in [0.717, 1.165) is 72.9 Å². The van der Waals surface area contributed by atoms with Gasteiger partial charge in [-0.2, -0.15) is 5.10 Å². The van der Waals surface area contributed by atoms with Crippen LogP contribution in [0.4, 0.5) is 25.8 Å². The molecule has 37 heavy (non-hydrogen) atoms. The zero-order valence-electron chi connectivity index (χ0n) is 20.4. The molecule has 1 amide bonds. The summed E-state index contributed by atoms with van der Waals surface area (Å²) >= 11 is 0. The van der Waals surface area contributed by atoms with Crippen molar-refractivity contribution in [2.75, 3.05) is 41.3 Å². The van der Waals surface area contributed by atoms with E-state index in [1.54, 1.807) is 10.7 Å². The molecule has 2 aromatic heterocycles. The van der Waals surface area contributed by atoms with Crippen LogP contribution in [0.1, 0.15) is 29.6 Å². The number of carbonyl (C=O) groups is 1.